The van der Waals surface area contributed by atoms with E-state index in [-0.39, 0.29) is 0 Å². The first-order valence-corrected chi connectivity index (χ1v) is 9.12. The van der Waals surface area contributed by atoms with Gasteiger partial charge in [0, 0.05) is 0 Å². The first-order valence-electron chi connectivity index (χ1n) is 9.12. The molecular weight excluding hydrogens is 265 g/mol. The third kappa shape index (κ3) is 15.6. The highest BCUT2D eigenvalue weighted by molar-refractivity contribution is 5.78. The Hall–Kier alpha value is -0.600. The lowest BCUT2D eigenvalue weighted by atomic mass is 10.0. The molecule has 0 saturated carbocycles. The van der Waals surface area contributed by atoms with Crippen molar-refractivity contribution in [1.82, 2.24) is 0 Å². The van der Waals surface area contributed by atoms with Crippen LogP contribution >= 0.6 is 0 Å². The molecule has 1 unspecified atom stereocenters. The van der Waals surface area contributed by atoms with E-state index in [1.165, 1.54) is 70.6 Å². The Kier molecular flexibility index (Phi) is 15.3. The Morgan fingerprint density at radius 2 is 1.10 bits per heavy atom. The molecule has 0 aromatic carbocycles. The molecule has 0 aromatic rings. The van der Waals surface area contributed by atoms with E-state index in [0.29, 0.717) is 6.42 Å². The molecule has 3 heteroatoms. The number of unbranched alkanes of at least 4 members (excludes halogenated alkanes) is 13. The topological polar surface area (TPSA) is 43.1 Å². The molecule has 0 rings (SSSR count). The van der Waals surface area contributed by atoms with Gasteiger partial charge in [0.25, 0.3) is 5.91 Å². The zero-order chi connectivity index (χ0) is 15.8. The van der Waals surface area contributed by atoms with Crippen LogP contribution in [0.15, 0.2) is 0 Å². The first kappa shape index (κ1) is 20.4. The molecule has 0 aliphatic carbocycles. The van der Waals surface area contributed by atoms with Crippen molar-refractivity contribution in [2.45, 2.75) is 109 Å². The first-order chi connectivity index (χ1) is 10.2. The maximum atomic E-state index is 12.9. The Balaban J connectivity index is 3.04. The van der Waals surface area contributed by atoms with Gasteiger partial charge in [-0.1, -0.05) is 96.8 Å². The lowest BCUT2D eigenvalue weighted by Gasteiger charge is -2.04. The fourth-order valence-corrected chi connectivity index (χ4v) is 2.66. The van der Waals surface area contributed by atoms with Crippen LogP contribution in [0.25, 0.3) is 0 Å². The van der Waals surface area contributed by atoms with E-state index >= 15 is 0 Å². The van der Waals surface area contributed by atoms with Gasteiger partial charge in [-0.25, -0.2) is 4.39 Å². The number of primary amides is 1. The van der Waals surface area contributed by atoms with E-state index in [9.17, 15) is 9.18 Å². The molecule has 0 fully saturated rings. The van der Waals surface area contributed by atoms with Gasteiger partial charge in [0.05, 0.1) is 0 Å². The van der Waals surface area contributed by atoms with Crippen LogP contribution in [0.4, 0.5) is 4.39 Å². The molecule has 0 aliphatic heterocycles. The molecule has 1 amide bonds. The smallest absolute Gasteiger partial charge is 0.251 e. The number of amides is 1. The predicted octanol–water partition coefficient (Wildman–Crippen LogP) is 5.68. The summed E-state index contributed by atoms with van der Waals surface area (Å²) in [4.78, 5) is 10.5. The Bertz CT molecular complexity index is 233. The zero-order valence-electron chi connectivity index (χ0n) is 14.0. The summed E-state index contributed by atoms with van der Waals surface area (Å²) in [6.45, 7) is 2.26. The maximum Gasteiger partial charge on any atom is 0.251 e. The van der Waals surface area contributed by atoms with E-state index in [4.69, 9.17) is 5.73 Å². The molecule has 0 aliphatic rings. The van der Waals surface area contributed by atoms with E-state index in [1.807, 2.05) is 0 Å². The molecule has 0 bridgehead atoms. The molecule has 2 N–H and O–H groups in total. The summed E-state index contributed by atoms with van der Waals surface area (Å²) in [5, 5.41) is 0. The number of halogens is 1. The quantitative estimate of drug-likeness (QED) is 0.366. The summed E-state index contributed by atoms with van der Waals surface area (Å²) in [5.74, 6) is -0.815. The number of carbonyl (C=O) groups is 1. The number of carbonyl (C=O) groups excluding carboxylic acids is 1. The molecule has 0 heterocycles. The van der Waals surface area contributed by atoms with Crippen LogP contribution < -0.4 is 5.73 Å². The monoisotopic (exact) mass is 301 g/mol. The molecule has 0 radical (unpaired) electrons. The summed E-state index contributed by atoms with van der Waals surface area (Å²) in [6, 6.07) is 0. The van der Waals surface area contributed by atoms with Gasteiger partial charge in [0.15, 0.2) is 6.17 Å². The Labute approximate surface area is 131 Å². The van der Waals surface area contributed by atoms with Crippen LogP contribution in [-0.4, -0.2) is 12.1 Å². The third-order valence-corrected chi connectivity index (χ3v) is 4.12. The number of rotatable bonds is 16. The molecule has 0 aromatic heterocycles. The molecule has 21 heavy (non-hydrogen) atoms. The highest BCUT2D eigenvalue weighted by atomic mass is 19.1. The average Bonchev–Trinajstić information content (AvgIpc) is 2.47. The molecule has 2 nitrogen and oxygen atoms in total. The Morgan fingerprint density at radius 1 is 0.762 bits per heavy atom. The number of nitrogens with two attached hydrogens (primary N) is 1. The van der Waals surface area contributed by atoms with Crippen molar-refractivity contribution in [1.29, 1.82) is 0 Å². The number of hydrogen-bond donors (Lipinski definition) is 1. The number of alkyl halides is 1. The summed E-state index contributed by atoms with van der Waals surface area (Å²) in [5.41, 5.74) is 4.88. The van der Waals surface area contributed by atoms with Crippen molar-refractivity contribution in [3.63, 3.8) is 0 Å². The van der Waals surface area contributed by atoms with Gasteiger partial charge < -0.3 is 5.73 Å². The minimum Gasteiger partial charge on any atom is -0.367 e. The van der Waals surface area contributed by atoms with Crippen LogP contribution in [0, 0.1) is 0 Å². The largest absolute Gasteiger partial charge is 0.367 e. The minimum absolute atomic E-state index is 0.299. The summed E-state index contributed by atoms with van der Waals surface area (Å²) in [7, 11) is 0. The second-order valence-electron chi connectivity index (χ2n) is 6.25. The van der Waals surface area contributed by atoms with Crippen molar-refractivity contribution in [3.05, 3.63) is 0 Å². The average molecular weight is 301 g/mol. The van der Waals surface area contributed by atoms with Crippen molar-refractivity contribution in [2.75, 3.05) is 0 Å². The van der Waals surface area contributed by atoms with Crippen molar-refractivity contribution in [2.24, 2.45) is 5.73 Å². The molecular formula is C18H36FNO. The van der Waals surface area contributed by atoms with Gasteiger partial charge in [0.1, 0.15) is 0 Å². The van der Waals surface area contributed by atoms with Crippen molar-refractivity contribution in [3.8, 4) is 0 Å². The van der Waals surface area contributed by atoms with E-state index in [1.54, 1.807) is 0 Å². The fraction of sp³-hybridized carbons (Fsp3) is 0.944. The third-order valence-electron chi connectivity index (χ3n) is 4.12. The van der Waals surface area contributed by atoms with Crippen molar-refractivity contribution < 1.29 is 9.18 Å². The highest BCUT2D eigenvalue weighted by Gasteiger charge is 2.11. The maximum absolute atomic E-state index is 12.9. The molecule has 0 spiro atoms. The number of hydrogen-bond acceptors (Lipinski definition) is 1. The van der Waals surface area contributed by atoms with Gasteiger partial charge in [-0.05, 0) is 6.42 Å². The summed E-state index contributed by atoms with van der Waals surface area (Å²) >= 11 is 0. The Morgan fingerprint density at radius 3 is 1.43 bits per heavy atom. The normalized spacial score (nSPS) is 12.5. The van der Waals surface area contributed by atoms with Crippen LogP contribution in [0.1, 0.15) is 103 Å². The standard InChI is InChI=1S/C18H36FNO/c1-2-3-4-5-6-7-8-9-10-11-12-13-14-15-16-17(19)18(20)21/h17H,2-16H2,1H3,(H2,20,21). The second kappa shape index (κ2) is 15.8. The van der Waals surface area contributed by atoms with E-state index < -0.39 is 12.1 Å². The molecule has 1 atom stereocenters. The van der Waals surface area contributed by atoms with Gasteiger partial charge in [0.2, 0.25) is 0 Å². The van der Waals surface area contributed by atoms with Crippen LogP contribution in [0.2, 0.25) is 0 Å². The SMILES string of the molecule is CCCCCCCCCCCCCCCCC(F)C(N)=O. The van der Waals surface area contributed by atoms with E-state index in [2.05, 4.69) is 6.92 Å². The second-order valence-corrected chi connectivity index (χ2v) is 6.25. The zero-order valence-corrected chi connectivity index (χ0v) is 14.0. The van der Waals surface area contributed by atoms with E-state index in [0.717, 1.165) is 19.3 Å². The lowest BCUT2D eigenvalue weighted by Crippen LogP contribution is -2.24. The summed E-state index contributed by atoms with van der Waals surface area (Å²) in [6.07, 6.45) is 16.8. The highest BCUT2D eigenvalue weighted by Crippen LogP contribution is 2.14. The molecule has 0 saturated heterocycles. The van der Waals surface area contributed by atoms with Gasteiger partial charge in [-0.15, -0.1) is 0 Å². The van der Waals surface area contributed by atoms with Crippen molar-refractivity contribution >= 4 is 5.91 Å². The van der Waals surface area contributed by atoms with Crippen LogP contribution in [-0.2, 0) is 4.79 Å². The van der Waals surface area contributed by atoms with Gasteiger partial charge in [-0.2, -0.15) is 0 Å². The van der Waals surface area contributed by atoms with Crippen LogP contribution in [0.5, 0.6) is 0 Å². The van der Waals surface area contributed by atoms with Gasteiger partial charge in [-0.3, -0.25) is 4.79 Å². The lowest BCUT2D eigenvalue weighted by molar-refractivity contribution is -0.122. The summed E-state index contributed by atoms with van der Waals surface area (Å²) < 4.78 is 12.9. The molecule has 126 valence electrons. The minimum atomic E-state index is -1.44. The van der Waals surface area contributed by atoms with Crippen LogP contribution in [0.3, 0.4) is 0 Å². The fourth-order valence-electron chi connectivity index (χ4n) is 2.66. The predicted molar refractivity (Wildman–Crippen MR) is 89.0 cm³/mol. The van der Waals surface area contributed by atoms with Gasteiger partial charge >= 0.3 is 0 Å².